The van der Waals surface area contributed by atoms with Crippen molar-refractivity contribution >= 4 is 37.9 Å². The van der Waals surface area contributed by atoms with E-state index in [1.165, 1.54) is 12.0 Å². The molecule has 0 unspecified atom stereocenters. The molecule has 2 rings (SSSR count). The highest BCUT2D eigenvalue weighted by molar-refractivity contribution is 6.69. The number of methoxy groups -OCH3 is 2. The normalized spacial score (nSPS) is 19.1. The molecule has 1 aromatic rings. The smallest absolute Gasteiger partial charge is 0.245 e. The van der Waals surface area contributed by atoms with Crippen LogP contribution in [0.2, 0.25) is 19.1 Å². The molecule has 4 N–H and O–H groups in total. The highest BCUT2D eigenvalue weighted by atomic mass is 28.4. The molecule has 1 aliphatic heterocycles. The van der Waals surface area contributed by atoms with Crippen LogP contribution in [-0.2, 0) is 33.4 Å². The number of likely N-dealkylation sites (N-methyl/N-ethyl adjacent to an activating group) is 2. The number of aliphatic hydroxyl groups is 1. The molecule has 0 radical (unpaired) electrons. The van der Waals surface area contributed by atoms with E-state index in [1.54, 1.807) is 44.9 Å². The molecule has 5 amide bonds. The lowest BCUT2D eigenvalue weighted by Gasteiger charge is -2.41. The summed E-state index contributed by atoms with van der Waals surface area (Å²) in [6, 6.07) is 6.54. The minimum atomic E-state index is -2.32. The van der Waals surface area contributed by atoms with Crippen LogP contribution in [0.15, 0.2) is 30.3 Å². The molecule has 0 saturated carbocycles. The Bertz CT molecular complexity index is 1530. The minimum Gasteiger partial charge on any atom is -0.432 e. The molecule has 14 nitrogen and oxygen atoms in total. The molecule has 1 aromatic carbocycles. The number of likely N-dealkylation sites (tertiary alicyclic amines) is 1. The summed E-state index contributed by atoms with van der Waals surface area (Å²) in [6.07, 6.45) is 0.598. The number of rotatable bonds is 24. The fourth-order valence-electron chi connectivity index (χ4n) is 8.58. The number of amides is 5. The van der Waals surface area contributed by atoms with E-state index in [9.17, 15) is 33.9 Å². The first kappa shape index (κ1) is 52.8. The number of benzene rings is 1. The standard InChI is InChI=1S/C45H79N5O9Si/c1-15-30(6)40(49(10)45(56)38(28(2)3)47-44(55)39(29(4)5)48(9)36(51)24-20-26-60(13,14)57)35(58-11)27-37(52)50-25-19-23-34(50)42(59-12)31(7)43(54)46-32(8)41(53)33-21-17-16-18-22-33/h16-18,21-22,28-32,34-35,38-42,53,57H,15,19-20,23-27H2,1-14H3,(H,46,54)(H,47,55)/t30-,31+,32+,34-,35+,38-,39-,40-,41+,42+/m1/s1. The van der Waals surface area contributed by atoms with Gasteiger partial charge in [-0.15, -0.1) is 0 Å². The lowest BCUT2D eigenvalue weighted by Crippen LogP contribution is -2.60. The van der Waals surface area contributed by atoms with Crippen molar-refractivity contribution in [3.63, 3.8) is 0 Å². The Morgan fingerprint density at radius 1 is 0.900 bits per heavy atom. The van der Waals surface area contributed by atoms with Crippen molar-refractivity contribution in [2.75, 3.05) is 34.9 Å². The second-order valence-electron chi connectivity index (χ2n) is 18.3. The maximum Gasteiger partial charge on any atom is 0.245 e. The number of hydrogen-bond acceptors (Lipinski definition) is 9. The summed E-state index contributed by atoms with van der Waals surface area (Å²) >= 11 is 0. The van der Waals surface area contributed by atoms with E-state index in [0.29, 0.717) is 37.4 Å². The number of hydrogen-bond donors (Lipinski definition) is 4. The summed E-state index contributed by atoms with van der Waals surface area (Å²) in [6.45, 7) is 19.1. The molecule has 15 heteroatoms. The Kier molecular flexibility index (Phi) is 21.4. The third kappa shape index (κ3) is 14.6. The number of nitrogens with one attached hydrogen (secondary N) is 2. The van der Waals surface area contributed by atoms with E-state index in [0.717, 1.165) is 6.42 Å². The van der Waals surface area contributed by atoms with Gasteiger partial charge in [0.1, 0.15) is 12.1 Å². The highest BCUT2D eigenvalue weighted by Crippen LogP contribution is 2.30. The van der Waals surface area contributed by atoms with Gasteiger partial charge in [-0.3, -0.25) is 24.0 Å². The summed E-state index contributed by atoms with van der Waals surface area (Å²) in [7, 11) is 4.06. The minimum absolute atomic E-state index is 0.0199. The van der Waals surface area contributed by atoms with Crippen LogP contribution >= 0.6 is 0 Å². The second-order valence-corrected chi connectivity index (χ2v) is 22.5. The average Bonchev–Trinajstić information content (AvgIpc) is 3.68. The van der Waals surface area contributed by atoms with Crippen LogP contribution in [0.25, 0.3) is 0 Å². The van der Waals surface area contributed by atoms with Gasteiger partial charge in [-0.1, -0.05) is 85.2 Å². The van der Waals surface area contributed by atoms with Gasteiger partial charge in [-0.25, -0.2) is 0 Å². The molecule has 1 aliphatic rings. The van der Waals surface area contributed by atoms with Gasteiger partial charge in [-0.2, -0.15) is 0 Å². The lowest BCUT2D eigenvalue weighted by molar-refractivity contribution is -0.148. The van der Waals surface area contributed by atoms with Crippen LogP contribution in [-0.4, -0.2) is 140 Å². The highest BCUT2D eigenvalue weighted by Gasteiger charge is 2.43. The van der Waals surface area contributed by atoms with Crippen LogP contribution in [0.4, 0.5) is 0 Å². The molecular formula is C45H79N5O9Si. The second kappa shape index (κ2) is 24.3. The third-order valence-corrected chi connectivity index (χ3v) is 13.9. The van der Waals surface area contributed by atoms with Gasteiger partial charge in [0, 0.05) is 41.3 Å². The first-order valence-electron chi connectivity index (χ1n) is 22.0. The Morgan fingerprint density at radius 2 is 1.52 bits per heavy atom. The molecule has 60 heavy (non-hydrogen) atoms. The van der Waals surface area contributed by atoms with Crippen molar-refractivity contribution in [2.45, 2.75) is 162 Å². The van der Waals surface area contributed by atoms with E-state index in [-0.39, 0.29) is 60.3 Å². The maximum absolute atomic E-state index is 14.5. The van der Waals surface area contributed by atoms with E-state index in [4.69, 9.17) is 9.47 Å². The quantitative estimate of drug-likeness (QED) is 0.107. The molecular weight excluding hydrogens is 783 g/mol. The molecule has 0 aromatic heterocycles. The van der Waals surface area contributed by atoms with Crippen LogP contribution in [0, 0.1) is 23.7 Å². The van der Waals surface area contributed by atoms with Crippen LogP contribution < -0.4 is 10.6 Å². The number of nitrogens with zero attached hydrogens (tertiary/aromatic N) is 3. The Balaban J connectivity index is 2.26. The number of aliphatic hydroxyl groups excluding tert-OH is 1. The Hall–Kier alpha value is -3.37. The summed E-state index contributed by atoms with van der Waals surface area (Å²) in [5, 5.41) is 16.8. The van der Waals surface area contributed by atoms with Gasteiger partial charge < -0.3 is 44.7 Å². The fraction of sp³-hybridized carbons (Fsp3) is 0.756. The Labute approximate surface area is 361 Å². The maximum atomic E-state index is 14.5. The van der Waals surface area contributed by atoms with E-state index >= 15 is 0 Å². The first-order valence-corrected chi connectivity index (χ1v) is 25.1. The number of ether oxygens (including phenoxy) is 2. The topological polar surface area (TPSA) is 178 Å². The van der Waals surface area contributed by atoms with Crippen LogP contribution in [0.1, 0.15) is 106 Å². The van der Waals surface area contributed by atoms with Gasteiger partial charge in [0.15, 0.2) is 8.32 Å². The fourth-order valence-corrected chi connectivity index (χ4v) is 9.62. The zero-order chi connectivity index (χ0) is 45.6. The predicted molar refractivity (Wildman–Crippen MR) is 237 cm³/mol. The van der Waals surface area contributed by atoms with Crippen LogP contribution in [0.3, 0.4) is 0 Å². The lowest BCUT2D eigenvalue weighted by atomic mass is 9.89. The van der Waals surface area contributed by atoms with Crippen molar-refractivity contribution in [1.82, 2.24) is 25.3 Å². The Morgan fingerprint density at radius 3 is 2.03 bits per heavy atom. The van der Waals surface area contributed by atoms with Gasteiger partial charge in [0.25, 0.3) is 0 Å². The molecule has 10 atom stereocenters. The SMILES string of the molecule is CC[C@@H](C)[C@H]([C@H](CC(=O)N1CCC[C@@H]1[C@@H](OC)[C@H](C)C(=O)N[C@@H](C)[C@H](O)c1ccccc1)OC)N(C)C(=O)[C@H](NC(=O)[C@@H](C(C)C)N(C)C(=O)CCC[Si](C)(C)O)C(C)C. The molecule has 1 saturated heterocycles. The van der Waals surface area contributed by atoms with Crippen LogP contribution in [0.5, 0.6) is 0 Å². The molecule has 1 fully saturated rings. The van der Waals surface area contributed by atoms with Gasteiger partial charge in [-0.05, 0) is 68.6 Å². The largest absolute Gasteiger partial charge is 0.432 e. The summed E-state index contributed by atoms with van der Waals surface area (Å²) in [5.74, 6) is -2.66. The average molecular weight is 862 g/mol. The van der Waals surface area contributed by atoms with Crippen molar-refractivity contribution < 1.29 is 43.3 Å². The van der Waals surface area contributed by atoms with Gasteiger partial charge in [0.2, 0.25) is 29.5 Å². The first-order chi connectivity index (χ1) is 28.0. The summed E-state index contributed by atoms with van der Waals surface area (Å²) in [5.41, 5.74) is 0.696. The van der Waals surface area contributed by atoms with Crippen molar-refractivity contribution in [1.29, 1.82) is 0 Å². The molecule has 1 heterocycles. The van der Waals surface area contributed by atoms with Gasteiger partial charge in [0.05, 0.1) is 48.8 Å². The summed E-state index contributed by atoms with van der Waals surface area (Å²) < 4.78 is 12.0. The van der Waals surface area contributed by atoms with E-state index in [1.807, 2.05) is 85.0 Å². The zero-order valence-electron chi connectivity index (χ0n) is 39.1. The number of carbonyl (C=O) groups excluding carboxylic acids is 5. The van der Waals surface area contributed by atoms with E-state index < -0.39 is 62.6 Å². The zero-order valence-corrected chi connectivity index (χ0v) is 40.1. The van der Waals surface area contributed by atoms with E-state index in [2.05, 4.69) is 10.6 Å². The molecule has 0 aliphatic carbocycles. The monoisotopic (exact) mass is 862 g/mol. The summed E-state index contributed by atoms with van der Waals surface area (Å²) in [4.78, 5) is 84.5. The third-order valence-electron chi connectivity index (χ3n) is 12.4. The van der Waals surface area contributed by atoms with Gasteiger partial charge >= 0.3 is 0 Å². The number of carbonyl (C=O) groups is 5. The molecule has 0 bridgehead atoms. The van der Waals surface area contributed by atoms with Crippen molar-refractivity contribution in [3.8, 4) is 0 Å². The molecule has 0 spiro atoms. The van der Waals surface area contributed by atoms with Crippen molar-refractivity contribution in [2.24, 2.45) is 23.7 Å². The molecule has 342 valence electrons. The predicted octanol–water partition coefficient (Wildman–Crippen LogP) is 4.75. The van der Waals surface area contributed by atoms with Crippen molar-refractivity contribution in [3.05, 3.63) is 35.9 Å².